The van der Waals surface area contributed by atoms with Gasteiger partial charge in [0.05, 0.1) is 0 Å². The van der Waals surface area contributed by atoms with Gasteiger partial charge in [-0.1, -0.05) is 24.3 Å². The van der Waals surface area contributed by atoms with Gasteiger partial charge in [-0.25, -0.2) is 9.78 Å². The van der Waals surface area contributed by atoms with Gasteiger partial charge in [-0.3, -0.25) is 14.5 Å². The molecule has 53 heavy (non-hydrogen) atoms. The summed E-state index contributed by atoms with van der Waals surface area (Å²) in [6.45, 7) is 9.83. The summed E-state index contributed by atoms with van der Waals surface area (Å²) < 4.78 is 5.38. The molecule has 280 valence electrons. The monoisotopic (exact) mass is 722 g/mol. The summed E-state index contributed by atoms with van der Waals surface area (Å²) in [5, 5.41) is 17.1. The van der Waals surface area contributed by atoms with E-state index < -0.39 is 23.6 Å². The van der Waals surface area contributed by atoms with Crippen molar-refractivity contribution in [1.29, 1.82) is 0 Å². The lowest BCUT2D eigenvalue weighted by Crippen LogP contribution is -2.52. The number of ether oxygens (including phenoxy) is 1. The molecule has 1 atom stereocenters. The third-order valence-electron chi connectivity index (χ3n) is 10.0. The largest absolute Gasteiger partial charge is 0.444 e. The number of amides is 3. The van der Waals surface area contributed by atoms with Crippen molar-refractivity contribution in [1.82, 2.24) is 35.8 Å². The zero-order valence-electron chi connectivity index (χ0n) is 31.0. The second kappa shape index (κ2) is 16.5. The number of nitrogens with zero attached hydrogens (tertiary/aromatic N) is 7. The molecule has 1 saturated carbocycles. The molecule has 2 aromatic heterocycles. The second-order valence-corrected chi connectivity index (χ2v) is 15.1. The molecule has 4 N–H and O–H groups in total. The summed E-state index contributed by atoms with van der Waals surface area (Å²) in [7, 11) is 2.13. The number of H-pyrrole nitrogens is 1. The minimum absolute atomic E-state index is 0.149. The fourth-order valence-electron chi connectivity index (χ4n) is 7.05. The number of pyridine rings is 1. The molecule has 0 radical (unpaired) electrons. The SMILES string of the molecule is CN1CCN(c2cc(-c3ccc(C[C@@H](C(N)=O)N(C(=O)C4CCC(CNC(=O)OC(C)(C)C)CC4)c4ccc(-c5nn[nH]n5)cc4)cc3)ccn2)CC1. The van der Waals surface area contributed by atoms with Crippen LogP contribution in [-0.4, -0.2) is 99.8 Å². The van der Waals surface area contributed by atoms with Gasteiger partial charge in [-0.05, 0) is 118 Å². The van der Waals surface area contributed by atoms with Gasteiger partial charge in [-0.2, -0.15) is 5.21 Å². The van der Waals surface area contributed by atoms with Gasteiger partial charge < -0.3 is 25.6 Å². The first-order valence-corrected chi connectivity index (χ1v) is 18.4. The Morgan fingerprint density at radius 3 is 2.25 bits per heavy atom. The lowest BCUT2D eigenvalue weighted by Gasteiger charge is -2.36. The molecule has 1 aliphatic heterocycles. The van der Waals surface area contributed by atoms with E-state index in [4.69, 9.17) is 10.5 Å². The number of alkyl carbamates (subject to hydrolysis) is 1. The number of hydrogen-bond acceptors (Lipinski definition) is 10. The molecule has 3 heterocycles. The Labute approximate surface area is 310 Å². The number of hydrogen-bond donors (Lipinski definition) is 3. The maximum atomic E-state index is 14.5. The number of aromatic amines is 1. The molecule has 2 aliphatic rings. The van der Waals surface area contributed by atoms with Crippen LogP contribution in [0.5, 0.6) is 0 Å². The molecule has 14 heteroatoms. The van der Waals surface area contributed by atoms with Crippen LogP contribution in [0.2, 0.25) is 0 Å². The van der Waals surface area contributed by atoms with Gasteiger partial charge in [0.15, 0.2) is 0 Å². The van der Waals surface area contributed by atoms with Gasteiger partial charge >= 0.3 is 6.09 Å². The smallest absolute Gasteiger partial charge is 0.407 e. The second-order valence-electron chi connectivity index (χ2n) is 15.1. The van der Waals surface area contributed by atoms with E-state index in [9.17, 15) is 14.4 Å². The Hall–Kier alpha value is -5.37. The topological polar surface area (TPSA) is 176 Å². The molecule has 1 aliphatic carbocycles. The van der Waals surface area contributed by atoms with Crippen LogP contribution in [0, 0.1) is 11.8 Å². The number of nitrogens with one attached hydrogen (secondary N) is 2. The van der Waals surface area contributed by atoms with Gasteiger partial charge in [0.1, 0.15) is 17.5 Å². The Kier molecular flexibility index (Phi) is 11.7. The number of carbonyl (C=O) groups is 3. The molecule has 14 nitrogen and oxygen atoms in total. The Morgan fingerprint density at radius 1 is 0.943 bits per heavy atom. The van der Waals surface area contributed by atoms with E-state index in [1.807, 2.05) is 57.3 Å². The van der Waals surface area contributed by atoms with Crippen molar-refractivity contribution in [2.45, 2.75) is 64.5 Å². The fourth-order valence-corrected chi connectivity index (χ4v) is 7.05. The number of rotatable bonds is 11. The summed E-state index contributed by atoms with van der Waals surface area (Å²) in [4.78, 5) is 50.8. The fraction of sp³-hybridized carbons (Fsp3) is 0.462. The first kappa shape index (κ1) is 37.4. The number of carbonyl (C=O) groups excluding carboxylic acids is 3. The molecule has 0 bridgehead atoms. The highest BCUT2D eigenvalue weighted by atomic mass is 16.6. The van der Waals surface area contributed by atoms with E-state index in [-0.39, 0.29) is 24.2 Å². The van der Waals surface area contributed by atoms with Crippen LogP contribution in [0.25, 0.3) is 22.5 Å². The number of piperazine rings is 1. The quantitative estimate of drug-likeness (QED) is 0.201. The van der Waals surface area contributed by atoms with Crippen LogP contribution in [-0.2, 0) is 20.7 Å². The van der Waals surface area contributed by atoms with E-state index in [0.29, 0.717) is 36.5 Å². The summed E-state index contributed by atoms with van der Waals surface area (Å²) in [5.74, 6) is 0.550. The van der Waals surface area contributed by atoms with E-state index in [0.717, 1.165) is 61.5 Å². The summed E-state index contributed by atoms with van der Waals surface area (Å²) in [5.41, 5.74) is 9.78. The van der Waals surface area contributed by atoms with Crippen molar-refractivity contribution in [3.8, 4) is 22.5 Å². The maximum Gasteiger partial charge on any atom is 0.407 e. The van der Waals surface area contributed by atoms with Gasteiger partial charge in [0.25, 0.3) is 0 Å². The molecule has 3 amide bonds. The normalized spacial score (nSPS) is 18.6. The summed E-state index contributed by atoms with van der Waals surface area (Å²) in [6, 6.07) is 18.4. The predicted octanol–water partition coefficient (Wildman–Crippen LogP) is 4.44. The van der Waals surface area contributed by atoms with Crippen molar-refractivity contribution in [2.75, 3.05) is 49.6 Å². The summed E-state index contributed by atoms with van der Waals surface area (Å²) >= 11 is 0. The van der Waals surface area contributed by atoms with Crippen LogP contribution in [0.4, 0.5) is 16.3 Å². The lowest BCUT2D eigenvalue weighted by molar-refractivity contribution is -0.127. The first-order valence-electron chi connectivity index (χ1n) is 18.4. The van der Waals surface area contributed by atoms with Crippen molar-refractivity contribution in [2.24, 2.45) is 17.6 Å². The van der Waals surface area contributed by atoms with E-state index in [2.05, 4.69) is 53.8 Å². The van der Waals surface area contributed by atoms with E-state index in [1.54, 1.807) is 29.2 Å². The highest BCUT2D eigenvalue weighted by Gasteiger charge is 2.36. The van der Waals surface area contributed by atoms with E-state index >= 15 is 0 Å². The Balaban J connectivity index is 1.19. The average molecular weight is 723 g/mol. The number of likely N-dealkylation sites (N-methyl/N-ethyl adjacent to an activating group) is 1. The van der Waals surface area contributed by atoms with Crippen molar-refractivity contribution >= 4 is 29.4 Å². The summed E-state index contributed by atoms with van der Waals surface area (Å²) in [6.07, 6.45) is 4.40. The maximum absolute atomic E-state index is 14.5. The Bertz CT molecular complexity index is 1830. The minimum atomic E-state index is -0.930. The first-order chi connectivity index (χ1) is 25.4. The zero-order chi connectivity index (χ0) is 37.5. The van der Waals surface area contributed by atoms with E-state index in [1.165, 1.54) is 0 Å². The highest BCUT2D eigenvalue weighted by Crippen LogP contribution is 2.33. The molecule has 0 unspecified atom stereocenters. The third kappa shape index (κ3) is 9.74. The molecule has 1 saturated heterocycles. The highest BCUT2D eigenvalue weighted by molar-refractivity contribution is 6.01. The standard InChI is InChI=1S/C39H50N10O4/c1-39(2,3)53-38(52)42-25-27-7-11-30(12-8-27)37(51)49(32-15-13-29(14-16-32)36-43-45-46-44-36)33(35(40)50)23-26-5-9-28(10-6-26)31-17-18-41-34(24-31)48-21-19-47(4)20-22-48/h5-6,9-10,13-18,24,27,30,33H,7-8,11-12,19-23,25H2,1-4H3,(H2,40,50)(H,42,52)(H,43,44,45,46)/t27?,30?,33-/m0/s1. The Morgan fingerprint density at radius 2 is 1.62 bits per heavy atom. The zero-order valence-corrected chi connectivity index (χ0v) is 31.0. The van der Waals surface area contributed by atoms with Gasteiger partial charge in [-0.15, -0.1) is 10.2 Å². The number of primary amides is 1. The van der Waals surface area contributed by atoms with Crippen LogP contribution in [0.3, 0.4) is 0 Å². The third-order valence-corrected chi connectivity index (χ3v) is 10.0. The minimum Gasteiger partial charge on any atom is -0.444 e. The molecule has 0 spiro atoms. The van der Waals surface area contributed by atoms with Gasteiger partial charge in [0, 0.05) is 62.5 Å². The van der Waals surface area contributed by atoms with Crippen molar-refractivity contribution in [3.63, 3.8) is 0 Å². The number of anilines is 2. The number of aromatic nitrogens is 5. The van der Waals surface area contributed by atoms with Crippen molar-refractivity contribution < 1.29 is 19.1 Å². The van der Waals surface area contributed by atoms with Crippen LogP contribution >= 0.6 is 0 Å². The van der Waals surface area contributed by atoms with Crippen LogP contribution in [0.1, 0.15) is 52.0 Å². The van der Waals surface area contributed by atoms with Gasteiger partial charge in [0.2, 0.25) is 17.6 Å². The van der Waals surface area contributed by atoms with Crippen molar-refractivity contribution in [3.05, 3.63) is 72.4 Å². The lowest BCUT2D eigenvalue weighted by atomic mass is 9.81. The number of nitrogens with two attached hydrogens (primary N) is 1. The van der Waals surface area contributed by atoms with Crippen LogP contribution in [0.15, 0.2) is 66.9 Å². The molecule has 4 aromatic rings. The molecule has 6 rings (SSSR count). The predicted molar refractivity (Wildman–Crippen MR) is 203 cm³/mol. The van der Waals surface area contributed by atoms with Crippen LogP contribution < -0.4 is 20.9 Å². The number of benzene rings is 2. The molecule has 2 fully saturated rings. The molecule has 2 aromatic carbocycles. The number of tetrazole rings is 1. The average Bonchev–Trinajstić information content (AvgIpc) is 3.69. The molecular formula is C39H50N10O4. The molecular weight excluding hydrogens is 672 g/mol.